The van der Waals surface area contributed by atoms with E-state index < -0.39 is 46.2 Å². The van der Waals surface area contributed by atoms with Crippen LogP contribution in [0.4, 0.5) is 0 Å². The van der Waals surface area contributed by atoms with Crippen molar-refractivity contribution in [2.75, 3.05) is 0 Å². The van der Waals surface area contributed by atoms with Crippen molar-refractivity contribution >= 4 is 124 Å². The summed E-state index contributed by atoms with van der Waals surface area (Å²) in [5, 5.41) is 77.1. The first kappa shape index (κ1) is 113. The van der Waals surface area contributed by atoms with Gasteiger partial charge in [0.05, 0.1) is 56.9 Å². The third-order valence-corrected chi connectivity index (χ3v) is 43.5. The van der Waals surface area contributed by atoms with Crippen LogP contribution in [0.25, 0.3) is 114 Å². The van der Waals surface area contributed by atoms with Crippen LogP contribution in [0.3, 0.4) is 0 Å². The number of unbranched alkanes of at least 4 members (excludes halogenated alkanes) is 3. The Kier molecular flexibility index (Phi) is 44.3. The van der Waals surface area contributed by atoms with Crippen LogP contribution in [-0.2, 0) is 15.9 Å². The quantitative estimate of drug-likeness (QED) is 0.0340. The topological polar surface area (TPSA) is 332 Å². The molecule has 24 nitrogen and oxygen atoms in total. The minimum Gasteiger partial charge on any atom is -0.0622 e. The summed E-state index contributed by atoms with van der Waals surface area (Å²) in [5.74, 6) is -2.24. The van der Waals surface area contributed by atoms with Gasteiger partial charge in [-0.05, 0) is 219 Å². The van der Waals surface area contributed by atoms with E-state index >= 15 is 0 Å². The molecule has 0 aliphatic carbocycles. The van der Waals surface area contributed by atoms with Crippen molar-refractivity contribution < 1.29 is 35.7 Å². The van der Waals surface area contributed by atoms with Crippen molar-refractivity contribution in [1.82, 2.24) is 101 Å². The zero-order valence-corrected chi connectivity index (χ0v) is 91.6. The summed E-state index contributed by atoms with van der Waals surface area (Å²) in [6.45, 7) is 13.1. The average molecular weight is 2300 g/mol. The van der Waals surface area contributed by atoms with E-state index in [1.165, 1.54) is 101 Å². The summed E-state index contributed by atoms with van der Waals surface area (Å²) in [6.07, 6.45) is 8.26. The van der Waals surface area contributed by atoms with E-state index in [9.17, 15) is 9.59 Å². The Bertz CT molecular complexity index is 7000. The summed E-state index contributed by atoms with van der Waals surface area (Å²) >= 11 is 9.08. The van der Waals surface area contributed by atoms with Gasteiger partial charge in [0, 0.05) is 11.4 Å². The number of pyridine rings is 8. The van der Waals surface area contributed by atoms with Gasteiger partial charge < -0.3 is 10.2 Å². The van der Waals surface area contributed by atoms with E-state index in [1.54, 1.807) is 94.7 Å². The SMILES string of the molecule is C.CCC[CH2][Sn]([CH2]CCC)([CH2]CCC)[c]1cccc(C)n1.Cc1cccc(-c2ccc(-c3cccc(-c4ccc(-c5cccc(C)n5)nn4)n3)nn2)n1.Clc1ccc(-c2cccc(-c3ccc(Cl)nn3)n2)nn1.O=C(O)c1cccc(-c2ccc(-c3cccc(-c4ccc(-c5cccc(C(=O)O)n5)nn4)n3)nn2)n1.[Cl][Pd][Cl].c1ccc(P(c2ccccc2)c2ccccc2)cc1.c1ccc(P(c2ccccc2)c2ccccc2)cc1. The minimum atomic E-state index is -2.25. The van der Waals surface area contributed by atoms with E-state index in [4.69, 9.17) is 62.4 Å². The van der Waals surface area contributed by atoms with Gasteiger partial charge in [-0.3, -0.25) is 9.97 Å². The number of aryl methyl sites for hydroxylation is 3. The van der Waals surface area contributed by atoms with Crippen molar-refractivity contribution in [3.8, 4) is 114 Å². The molecule has 0 spiro atoms. The smallest absolute Gasteiger partial charge is 0.0134 e. The molecule has 32 heteroatoms. The van der Waals surface area contributed by atoms with Gasteiger partial charge in [-0.2, -0.15) is 0 Å². The normalized spacial score (nSPS) is 10.7. The molecule has 0 fully saturated rings. The number of aromatic nitrogens is 20. The number of aromatic carboxylic acids is 2. The zero-order valence-electron chi connectivity index (χ0n) is 82.3. The van der Waals surface area contributed by atoms with E-state index in [1.807, 2.05) is 111 Å². The molecule has 0 aliphatic heterocycles. The second-order valence-electron chi connectivity index (χ2n) is 33.7. The van der Waals surface area contributed by atoms with Crippen LogP contribution < -0.4 is 35.5 Å². The molecule has 0 bridgehead atoms. The number of carboxylic acid groups (broad SMARTS) is 2. The maximum absolute atomic E-state index is 11.2. The molecule has 14 heterocycles. The molecule has 0 amide bonds. The summed E-state index contributed by atoms with van der Waals surface area (Å²) in [7, 11) is 8.74. The predicted octanol–water partition coefficient (Wildman–Crippen LogP) is 25.9. The third-order valence-electron chi connectivity index (χ3n) is 23.1. The van der Waals surface area contributed by atoms with Gasteiger partial charge in [0.15, 0.2) is 10.3 Å². The molecule has 20 aromatic rings. The van der Waals surface area contributed by atoms with Crippen molar-refractivity contribution in [2.24, 2.45) is 0 Å². The molecule has 20 rings (SSSR count). The third kappa shape index (κ3) is 33.0. The van der Waals surface area contributed by atoms with Crippen LogP contribution in [0.5, 0.6) is 0 Å². The molecule has 0 saturated heterocycles. The number of carboxylic acids is 2. The molecule has 150 heavy (non-hydrogen) atoms. The molecule has 756 valence electrons. The minimum absolute atomic E-state index is 0. The molecule has 0 unspecified atom stereocenters. The molecule has 0 aliphatic rings. The van der Waals surface area contributed by atoms with Crippen LogP contribution in [0.2, 0.25) is 23.6 Å². The van der Waals surface area contributed by atoms with Crippen LogP contribution in [0, 0.1) is 20.8 Å². The van der Waals surface area contributed by atoms with Gasteiger partial charge in [0.1, 0.15) is 68.3 Å². The first-order valence-electron chi connectivity index (χ1n) is 48.1. The summed E-state index contributed by atoms with van der Waals surface area (Å²) in [6, 6.07) is 130. The summed E-state index contributed by atoms with van der Waals surface area (Å²) < 4.78 is 6.11. The number of carbonyl (C=O) groups is 2. The molecule has 0 saturated carbocycles. The predicted molar refractivity (Wildman–Crippen MR) is 607 cm³/mol. The zero-order chi connectivity index (χ0) is 104. The molecule has 0 atom stereocenters. The van der Waals surface area contributed by atoms with Crippen LogP contribution in [0.1, 0.15) is 105 Å². The van der Waals surface area contributed by atoms with Crippen molar-refractivity contribution in [3.05, 3.63) is 439 Å². The monoisotopic (exact) mass is 2300 g/mol. The number of halogens is 4. The van der Waals surface area contributed by atoms with Gasteiger partial charge in [-0.15, -0.1) is 61.2 Å². The van der Waals surface area contributed by atoms with Gasteiger partial charge >= 0.3 is 177 Å². The Balaban J connectivity index is 0.000000152. The molecule has 0 radical (unpaired) electrons. The van der Waals surface area contributed by atoms with Gasteiger partial charge in [0.2, 0.25) is 0 Å². The van der Waals surface area contributed by atoms with E-state index in [0.29, 0.717) is 101 Å². The largest absolute Gasteiger partial charge is 0.0622 e. The number of hydrogen-bond donors (Lipinski definition) is 2. The van der Waals surface area contributed by atoms with E-state index in [2.05, 4.69) is 319 Å². The van der Waals surface area contributed by atoms with Crippen LogP contribution in [-0.4, -0.2) is 142 Å². The molecule has 14 aromatic heterocycles. The van der Waals surface area contributed by atoms with E-state index in [0.717, 1.165) is 34.2 Å². The summed E-state index contributed by atoms with van der Waals surface area (Å²) in [4.78, 5) is 58.3. The van der Waals surface area contributed by atoms with Crippen LogP contribution >= 0.6 is 58.1 Å². The number of benzene rings is 6. The Morgan fingerprint density at radius 1 is 0.240 bits per heavy atom. The Hall–Kier alpha value is -14.6. The fourth-order valence-electron chi connectivity index (χ4n) is 15.8. The molecular weight excluding hydrogens is 2190 g/mol. The first-order valence-corrected chi connectivity index (χ1v) is 63.0. The Labute approximate surface area is 906 Å². The maximum Gasteiger partial charge on any atom is -0.0134 e. The number of hydrogen-bond acceptors (Lipinski definition) is 22. The standard InChI is InChI=1S/C25H15N7O4.C25H19N7.2C18H15P.C13H7Cl2N5.C6H6N.3C4H9.CH4.2ClH.Pd.Sn/c33-24(34)22-8-2-6-16(27-22)20-12-10-18(29-31-20)14-4-1-5-15(26-14)19-11-13-21(32-30-19)17-7-3-9-23(28-17)25(35)36;1-16-6-3-8-18(26-16)22-12-14-24(31-29-22)20-10-5-11-21(28-20)25-15-13-23(30-32-25)19-9-4-7-17(2)27-19;2*1-4-10-16(11-5-1)19(17-12-6-2-7-13-17)18-14-8-3-9-15-18;14-12-6-4-10(17-19-12)8-2-1-3-9(16-8)11-5-7-13(15)20-18-11;1-6-4-2-3-5-7-6;3*1-3-4-2;;;;;/h1-13H,(H,33,34)(H,35,36);3-15H,1-2H3;2*1-15H;1-7H;2-4H,1H3;3*1,3-4H2,2H3;1H4;2*1H;;/q;;;;;;;;;;;;+2;/p-2. The Morgan fingerprint density at radius 3 is 0.633 bits per heavy atom. The Morgan fingerprint density at radius 2 is 0.433 bits per heavy atom. The molecule has 6 aromatic carbocycles. The van der Waals surface area contributed by atoms with Gasteiger partial charge in [-0.25, -0.2) is 34.5 Å². The summed E-state index contributed by atoms with van der Waals surface area (Å²) in [5.41, 5.74) is 15.2. The van der Waals surface area contributed by atoms with Gasteiger partial charge in [-0.1, -0.05) is 255 Å². The maximum atomic E-state index is 11.2. The van der Waals surface area contributed by atoms with E-state index in [-0.39, 0.29) is 34.8 Å². The fourth-order valence-corrected chi connectivity index (χ4v) is 36.2. The average Bonchev–Trinajstić information content (AvgIpc) is 0.742. The second kappa shape index (κ2) is 59.0. The van der Waals surface area contributed by atoms with Crippen molar-refractivity contribution in [1.29, 1.82) is 0 Å². The number of rotatable bonds is 28. The second-order valence-corrected chi connectivity index (χ2v) is 54.3. The van der Waals surface area contributed by atoms with Gasteiger partial charge in [0.25, 0.3) is 0 Å². The molecular formula is C118H108Cl4N20O4P2PdSn. The van der Waals surface area contributed by atoms with Crippen LogP contribution in [0.15, 0.2) is 400 Å². The fraction of sp³-hybridized carbons (Fsp3) is 0.136. The number of nitrogens with zero attached hydrogens (tertiary/aromatic N) is 20. The van der Waals surface area contributed by atoms with Crippen molar-refractivity contribution in [2.45, 2.75) is 101 Å². The van der Waals surface area contributed by atoms with Crippen molar-refractivity contribution in [3.63, 3.8) is 0 Å². The molecule has 2 N–H and O–H groups in total. The first-order chi connectivity index (χ1) is 72.8.